The van der Waals surface area contributed by atoms with Gasteiger partial charge in [-0.3, -0.25) is 4.90 Å². The van der Waals surface area contributed by atoms with Gasteiger partial charge < -0.3 is 10.6 Å². The van der Waals surface area contributed by atoms with E-state index in [1.54, 1.807) is 0 Å². The Morgan fingerprint density at radius 1 is 1.26 bits per heavy atom. The predicted octanol–water partition coefficient (Wildman–Crippen LogP) is 3.09. The van der Waals surface area contributed by atoms with Crippen LogP contribution in [-0.2, 0) is 0 Å². The number of piperidine rings is 1. The van der Waals surface area contributed by atoms with Gasteiger partial charge in [0.2, 0.25) is 0 Å². The summed E-state index contributed by atoms with van der Waals surface area (Å²) < 4.78 is 1.11. The highest BCUT2D eigenvalue weighted by Gasteiger charge is 2.33. The lowest BCUT2D eigenvalue weighted by molar-refractivity contribution is 0.115. The number of halogens is 1. The molecular weight excluding hydrogens is 302 g/mol. The molecule has 4 heteroatoms. The largest absolute Gasteiger partial charge is 0.399 e. The van der Waals surface area contributed by atoms with Crippen molar-refractivity contribution in [3.63, 3.8) is 0 Å². The van der Waals surface area contributed by atoms with Gasteiger partial charge in [-0.1, -0.05) is 6.42 Å². The maximum absolute atomic E-state index is 5.84. The fourth-order valence-electron chi connectivity index (χ4n) is 3.44. The molecule has 3 nitrogen and oxygen atoms in total. The molecule has 0 saturated carbocycles. The molecule has 0 bridgehead atoms. The summed E-state index contributed by atoms with van der Waals surface area (Å²) in [6.45, 7) is 5.94. The Bertz CT molecular complexity index is 463. The lowest BCUT2D eigenvalue weighted by atomic mass is 9.96. The predicted molar refractivity (Wildman–Crippen MR) is 84.6 cm³/mol. The van der Waals surface area contributed by atoms with E-state index >= 15 is 0 Å². The van der Waals surface area contributed by atoms with Crippen molar-refractivity contribution in [3.05, 3.63) is 22.7 Å². The second-order valence-corrected chi connectivity index (χ2v) is 6.71. The molecule has 2 aliphatic rings. The van der Waals surface area contributed by atoms with E-state index in [-0.39, 0.29) is 0 Å². The average Bonchev–Trinajstić information content (AvgIpc) is 2.38. The average molecular weight is 324 g/mol. The maximum atomic E-state index is 5.84. The number of hydrogen-bond acceptors (Lipinski definition) is 3. The van der Waals surface area contributed by atoms with Gasteiger partial charge in [-0.05, 0) is 60.4 Å². The summed E-state index contributed by atoms with van der Waals surface area (Å²) in [7, 11) is 0. The zero-order valence-corrected chi connectivity index (χ0v) is 13.1. The highest BCUT2D eigenvalue weighted by molar-refractivity contribution is 9.10. The van der Waals surface area contributed by atoms with Crippen LogP contribution in [0.5, 0.6) is 0 Å². The van der Waals surface area contributed by atoms with Gasteiger partial charge in [0.05, 0.1) is 5.69 Å². The highest BCUT2D eigenvalue weighted by atomic mass is 79.9. The minimum absolute atomic E-state index is 0.564. The van der Waals surface area contributed by atoms with Gasteiger partial charge in [-0.25, -0.2) is 0 Å². The maximum Gasteiger partial charge on any atom is 0.0515 e. The van der Waals surface area contributed by atoms with Gasteiger partial charge in [0.1, 0.15) is 0 Å². The minimum Gasteiger partial charge on any atom is -0.399 e. The molecule has 2 unspecified atom stereocenters. The third-order valence-electron chi connectivity index (χ3n) is 4.47. The first-order chi connectivity index (χ1) is 9.15. The van der Waals surface area contributed by atoms with Gasteiger partial charge >= 0.3 is 0 Å². The van der Waals surface area contributed by atoms with Crippen molar-refractivity contribution in [1.29, 1.82) is 0 Å². The summed E-state index contributed by atoms with van der Waals surface area (Å²) in [6.07, 6.45) is 4.09. The Kier molecular flexibility index (Phi) is 3.72. The molecule has 0 aliphatic carbocycles. The molecule has 1 aromatic rings. The van der Waals surface area contributed by atoms with Crippen molar-refractivity contribution in [2.24, 2.45) is 0 Å². The van der Waals surface area contributed by atoms with Crippen LogP contribution < -0.4 is 10.6 Å². The van der Waals surface area contributed by atoms with Gasteiger partial charge in [0.25, 0.3) is 0 Å². The molecule has 2 N–H and O–H groups in total. The van der Waals surface area contributed by atoms with E-state index in [0.717, 1.165) is 22.7 Å². The quantitative estimate of drug-likeness (QED) is 0.806. The van der Waals surface area contributed by atoms with Crippen molar-refractivity contribution < 1.29 is 0 Å². The molecule has 2 aliphatic heterocycles. The molecule has 0 radical (unpaired) electrons. The third kappa shape index (κ3) is 2.61. The molecule has 0 spiro atoms. The van der Waals surface area contributed by atoms with E-state index in [1.807, 2.05) is 12.1 Å². The summed E-state index contributed by atoms with van der Waals surface area (Å²) >= 11 is 3.66. The molecule has 2 atom stereocenters. The van der Waals surface area contributed by atoms with Crippen LogP contribution in [0, 0.1) is 0 Å². The number of rotatable bonds is 1. The first kappa shape index (κ1) is 13.3. The van der Waals surface area contributed by atoms with Crippen molar-refractivity contribution in [2.45, 2.75) is 38.3 Å². The van der Waals surface area contributed by atoms with E-state index in [9.17, 15) is 0 Å². The number of nitrogens with zero attached hydrogens (tertiary/aromatic N) is 2. The Balaban J connectivity index is 1.83. The van der Waals surface area contributed by atoms with Crippen LogP contribution in [0.15, 0.2) is 22.7 Å². The molecule has 3 rings (SSSR count). The topological polar surface area (TPSA) is 32.5 Å². The minimum atomic E-state index is 0.564. The summed E-state index contributed by atoms with van der Waals surface area (Å²) in [5.74, 6) is 0. The van der Waals surface area contributed by atoms with Gasteiger partial charge in [0.15, 0.2) is 0 Å². The lowest BCUT2D eigenvalue weighted by Crippen LogP contribution is -2.58. The van der Waals surface area contributed by atoms with Crippen molar-refractivity contribution in [1.82, 2.24) is 4.90 Å². The highest BCUT2D eigenvalue weighted by Crippen LogP contribution is 2.33. The molecule has 0 amide bonds. The number of piperazine rings is 1. The van der Waals surface area contributed by atoms with Crippen molar-refractivity contribution in [2.75, 3.05) is 30.3 Å². The second-order valence-electron chi connectivity index (χ2n) is 5.86. The Hall–Kier alpha value is -0.740. The second kappa shape index (κ2) is 5.33. The number of nitrogens with two attached hydrogens (primary N) is 1. The van der Waals surface area contributed by atoms with Crippen molar-refractivity contribution in [3.8, 4) is 0 Å². The van der Waals surface area contributed by atoms with Gasteiger partial charge in [-0.15, -0.1) is 0 Å². The summed E-state index contributed by atoms with van der Waals surface area (Å²) in [4.78, 5) is 5.21. The van der Waals surface area contributed by atoms with Crippen LogP contribution in [0.2, 0.25) is 0 Å². The number of anilines is 2. The van der Waals surface area contributed by atoms with Crippen molar-refractivity contribution >= 4 is 27.3 Å². The molecule has 19 heavy (non-hydrogen) atoms. The number of benzene rings is 1. The van der Waals surface area contributed by atoms with E-state index in [1.165, 1.54) is 38.0 Å². The van der Waals surface area contributed by atoms with E-state index in [4.69, 9.17) is 5.73 Å². The Morgan fingerprint density at radius 2 is 2.11 bits per heavy atom. The van der Waals surface area contributed by atoms with Crippen LogP contribution in [0.3, 0.4) is 0 Å². The van der Waals surface area contributed by atoms with Crippen LogP contribution in [0.4, 0.5) is 11.4 Å². The third-order valence-corrected chi connectivity index (χ3v) is 5.10. The number of fused-ring (bicyclic) bond motifs is 1. The summed E-state index contributed by atoms with van der Waals surface area (Å²) in [6, 6.07) is 7.45. The molecule has 0 aromatic heterocycles. The fourth-order valence-corrected chi connectivity index (χ4v) is 4.07. The number of nitrogen functional groups attached to an aromatic ring is 1. The van der Waals surface area contributed by atoms with E-state index < -0.39 is 0 Å². The first-order valence-electron chi connectivity index (χ1n) is 7.21. The monoisotopic (exact) mass is 323 g/mol. The molecule has 2 heterocycles. The smallest absolute Gasteiger partial charge is 0.0515 e. The Morgan fingerprint density at radius 3 is 2.89 bits per heavy atom. The standard InChI is InChI=1S/C15H22BrN3/c1-11-9-18-7-3-2-4-13(18)10-19(11)15-6-5-12(17)8-14(15)16/h5-6,8,11,13H,2-4,7,9-10,17H2,1H3. The molecular formula is C15H22BrN3. The zero-order chi connectivity index (χ0) is 13.4. The zero-order valence-electron chi connectivity index (χ0n) is 11.5. The van der Waals surface area contributed by atoms with Crippen LogP contribution in [0.1, 0.15) is 26.2 Å². The molecule has 2 fully saturated rings. The Labute approximate surface area is 123 Å². The van der Waals surface area contributed by atoms with Crippen LogP contribution in [0.25, 0.3) is 0 Å². The molecule has 2 saturated heterocycles. The van der Waals surface area contributed by atoms with E-state index in [2.05, 4.69) is 38.7 Å². The van der Waals surface area contributed by atoms with Gasteiger partial charge in [-0.2, -0.15) is 0 Å². The molecule has 104 valence electrons. The summed E-state index contributed by atoms with van der Waals surface area (Å²) in [5.41, 5.74) is 7.94. The summed E-state index contributed by atoms with van der Waals surface area (Å²) in [5, 5.41) is 0. The van der Waals surface area contributed by atoms with Crippen LogP contribution >= 0.6 is 15.9 Å². The van der Waals surface area contributed by atoms with Crippen LogP contribution in [-0.4, -0.2) is 36.6 Å². The number of hydrogen-bond donors (Lipinski definition) is 1. The fraction of sp³-hybridized carbons (Fsp3) is 0.600. The van der Waals surface area contributed by atoms with E-state index in [0.29, 0.717) is 6.04 Å². The lowest BCUT2D eigenvalue weighted by Gasteiger charge is -2.48. The first-order valence-corrected chi connectivity index (χ1v) is 8.00. The normalized spacial score (nSPS) is 28.2. The van der Waals surface area contributed by atoms with Gasteiger partial charge in [0, 0.05) is 35.3 Å². The molecule has 1 aromatic carbocycles. The SMILES string of the molecule is CC1CN2CCCCC2CN1c1ccc(N)cc1Br.